The van der Waals surface area contributed by atoms with Gasteiger partial charge < -0.3 is 5.32 Å². The van der Waals surface area contributed by atoms with Gasteiger partial charge in [0.2, 0.25) is 0 Å². The maximum absolute atomic E-state index is 12.3. The van der Waals surface area contributed by atoms with Crippen molar-refractivity contribution in [1.82, 2.24) is 4.98 Å². The van der Waals surface area contributed by atoms with Crippen molar-refractivity contribution in [3.63, 3.8) is 0 Å². The summed E-state index contributed by atoms with van der Waals surface area (Å²) < 4.78 is 0.987. The van der Waals surface area contributed by atoms with E-state index in [-0.39, 0.29) is 5.91 Å². The number of halogens is 2. The van der Waals surface area contributed by atoms with E-state index in [1.165, 1.54) is 6.20 Å². The largest absolute Gasteiger partial charge is 0.321 e. The standard InChI is InChI=1S/C15H14BrClN2O/c1-8-4-11(16)5-9(2)14(8)19-15(20)12-7-18-10(3)6-13(12)17/h4-7H,1-3H3,(H,19,20). The Morgan fingerprint density at radius 1 is 1.20 bits per heavy atom. The van der Waals surface area contributed by atoms with Gasteiger partial charge in [-0.25, -0.2) is 0 Å². The molecule has 1 aromatic carbocycles. The van der Waals surface area contributed by atoms with Gasteiger partial charge in [0, 0.05) is 22.1 Å². The van der Waals surface area contributed by atoms with E-state index >= 15 is 0 Å². The summed E-state index contributed by atoms with van der Waals surface area (Å²) in [7, 11) is 0. The van der Waals surface area contributed by atoms with Gasteiger partial charge in [0.05, 0.1) is 10.6 Å². The van der Waals surface area contributed by atoms with Gasteiger partial charge >= 0.3 is 0 Å². The predicted molar refractivity (Wildman–Crippen MR) is 85.6 cm³/mol. The van der Waals surface area contributed by atoms with E-state index in [0.717, 1.165) is 27.0 Å². The first kappa shape index (κ1) is 15.0. The monoisotopic (exact) mass is 352 g/mol. The lowest BCUT2D eigenvalue weighted by Gasteiger charge is -2.13. The lowest BCUT2D eigenvalue weighted by Crippen LogP contribution is -2.15. The van der Waals surface area contributed by atoms with Gasteiger partial charge in [0.25, 0.3) is 5.91 Å². The molecule has 0 saturated carbocycles. The number of pyridine rings is 1. The first-order valence-corrected chi connectivity index (χ1v) is 7.26. The lowest BCUT2D eigenvalue weighted by molar-refractivity contribution is 0.102. The van der Waals surface area contributed by atoms with Gasteiger partial charge in [0.15, 0.2) is 0 Å². The van der Waals surface area contributed by atoms with Gasteiger partial charge in [-0.05, 0) is 50.1 Å². The van der Waals surface area contributed by atoms with Gasteiger partial charge in [0.1, 0.15) is 0 Å². The summed E-state index contributed by atoms with van der Waals surface area (Å²) >= 11 is 9.52. The van der Waals surface area contributed by atoms with Crippen LogP contribution in [0.3, 0.4) is 0 Å². The van der Waals surface area contributed by atoms with Crippen LogP contribution in [0.15, 0.2) is 28.9 Å². The maximum atomic E-state index is 12.3. The number of carbonyl (C=O) groups is 1. The van der Waals surface area contributed by atoms with Crippen LogP contribution in [0.5, 0.6) is 0 Å². The third-order valence-electron chi connectivity index (χ3n) is 2.97. The fourth-order valence-corrected chi connectivity index (χ4v) is 2.96. The average Bonchev–Trinajstić information content (AvgIpc) is 2.33. The third kappa shape index (κ3) is 3.19. The van der Waals surface area contributed by atoms with Gasteiger partial charge in [-0.15, -0.1) is 0 Å². The third-order valence-corrected chi connectivity index (χ3v) is 3.74. The highest BCUT2D eigenvalue weighted by Crippen LogP contribution is 2.26. The van der Waals surface area contributed by atoms with Crippen molar-refractivity contribution in [2.75, 3.05) is 5.32 Å². The molecule has 1 N–H and O–H groups in total. The molecule has 0 aliphatic carbocycles. The summed E-state index contributed by atoms with van der Waals surface area (Å²) in [5.74, 6) is -0.254. The summed E-state index contributed by atoms with van der Waals surface area (Å²) in [6.45, 7) is 5.72. The van der Waals surface area contributed by atoms with Crippen LogP contribution in [0.1, 0.15) is 27.2 Å². The van der Waals surface area contributed by atoms with Crippen molar-refractivity contribution in [3.8, 4) is 0 Å². The quantitative estimate of drug-likeness (QED) is 0.852. The zero-order chi connectivity index (χ0) is 14.9. The van der Waals surface area contributed by atoms with Crippen LogP contribution in [-0.2, 0) is 0 Å². The lowest BCUT2D eigenvalue weighted by atomic mass is 10.1. The normalized spacial score (nSPS) is 10.4. The summed E-state index contributed by atoms with van der Waals surface area (Å²) in [5, 5.41) is 3.30. The zero-order valence-electron chi connectivity index (χ0n) is 11.4. The number of aromatic nitrogens is 1. The number of hydrogen-bond acceptors (Lipinski definition) is 2. The molecular weight excluding hydrogens is 340 g/mol. The number of carbonyl (C=O) groups excluding carboxylic acids is 1. The molecule has 20 heavy (non-hydrogen) atoms. The number of aryl methyl sites for hydroxylation is 3. The topological polar surface area (TPSA) is 42.0 Å². The first-order valence-electron chi connectivity index (χ1n) is 6.08. The molecule has 0 bridgehead atoms. The number of hydrogen-bond donors (Lipinski definition) is 1. The number of nitrogens with one attached hydrogen (secondary N) is 1. The van der Waals surface area contributed by atoms with Crippen molar-refractivity contribution >= 4 is 39.1 Å². The van der Waals surface area contributed by atoms with Crippen LogP contribution in [0.4, 0.5) is 5.69 Å². The van der Waals surface area contributed by atoms with Crippen molar-refractivity contribution in [2.24, 2.45) is 0 Å². The Bertz CT molecular complexity index is 663. The molecule has 1 heterocycles. The Balaban J connectivity index is 2.33. The second-order valence-corrected chi connectivity index (χ2v) is 6.00. The van der Waals surface area contributed by atoms with Crippen molar-refractivity contribution < 1.29 is 4.79 Å². The summed E-state index contributed by atoms with van der Waals surface area (Å²) in [6.07, 6.45) is 1.50. The molecular formula is C15H14BrClN2O. The number of anilines is 1. The van der Waals surface area contributed by atoms with Crippen LogP contribution in [-0.4, -0.2) is 10.9 Å². The van der Waals surface area contributed by atoms with Crippen LogP contribution in [0, 0.1) is 20.8 Å². The zero-order valence-corrected chi connectivity index (χ0v) is 13.8. The van der Waals surface area contributed by atoms with Crippen molar-refractivity contribution in [2.45, 2.75) is 20.8 Å². The van der Waals surface area contributed by atoms with Crippen LogP contribution in [0.2, 0.25) is 5.02 Å². The molecule has 0 spiro atoms. The highest BCUT2D eigenvalue weighted by Gasteiger charge is 2.14. The fraction of sp³-hybridized carbons (Fsp3) is 0.200. The molecule has 2 aromatic rings. The van der Waals surface area contributed by atoms with E-state index < -0.39 is 0 Å². The van der Waals surface area contributed by atoms with E-state index in [9.17, 15) is 4.79 Å². The van der Waals surface area contributed by atoms with Crippen LogP contribution in [0.25, 0.3) is 0 Å². The molecule has 0 atom stereocenters. The second kappa shape index (κ2) is 5.94. The van der Waals surface area contributed by atoms with Crippen LogP contribution < -0.4 is 5.32 Å². The fourth-order valence-electron chi connectivity index (χ4n) is 1.98. The number of nitrogens with zero attached hydrogens (tertiary/aromatic N) is 1. The molecule has 2 rings (SSSR count). The van der Waals surface area contributed by atoms with Gasteiger partial charge in [-0.1, -0.05) is 27.5 Å². The van der Waals surface area contributed by atoms with E-state index in [0.29, 0.717) is 10.6 Å². The SMILES string of the molecule is Cc1cc(Cl)c(C(=O)Nc2c(C)cc(Br)cc2C)cn1. The maximum Gasteiger partial charge on any atom is 0.258 e. The minimum absolute atomic E-state index is 0.254. The van der Waals surface area contributed by atoms with Gasteiger partial charge in [-0.2, -0.15) is 0 Å². The molecule has 0 saturated heterocycles. The summed E-state index contributed by atoms with van der Waals surface area (Å²) in [4.78, 5) is 16.4. The number of rotatable bonds is 2. The van der Waals surface area contributed by atoms with Crippen molar-refractivity contribution in [3.05, 3.63) is 56.3 Å². The number of amides is 1. The Labute approximate surface area is 131 Å². The first-order chi connectivity index (χ1) is 9.38. The minimum atomic E-state index is -0.254. The Kier molecular flexibility index (Phi) is 4.45. The Morgan fingerprint density at radius 3 is 2.35 bits per heavy atom. The molecule has 0 radical (unpaired) electrons. The molecule has 1 aromatic heterocycles. The molecule has 104 valence electrons. The molecule has 0 unspecified atom stereocenters. The van der Waals surface area contributed by atoms with E-state index in [4.69, 9.17) is 11.6 Å². The van der Waals surface area contributed by atoms with Crippen LogP contribution >= 0.6 is 27.5 Å². The molecule has 0 aliphatic heterocycles. The van der Waals surface area contributed by atoms with E-state index in [1.807, 2.05) is 32.9 Å². The molecule has 5 heteroatoms. The average molecular weight is 354 g/mol. The molecule has 0 fully saturated rings. The Morgan fingerprint density at radius 2 is 1.80 bits per heavy atom. The highest BCUT2D eigenvalue weighted by atomic mass is 79.9. The highest BCUT2D eigenvalue weighted by molar-refractivity contribution is 9.10. The van der Waals surface area contributed by atoms with E-state index in [1.54, 1.807) is 6.07 Å². The molecule has 0 aliphatic rings. The van der Waals surface area contributed by atoms with E-state index in [2.05, 4.69) is 26.2 Å². The Hall–Kier alpha value is -1.39. The summed E-state index contributed by atoms with van der Waals surface area (Å²) in [6, 6.07) is 5.59. The number of benzene rings is 1. The molecule has 1 amide bonds. The second-order valence-electron chi connectivity index (χ2n) is 4.67. The predicted octanol–water partition coefficient (Wildman–Crippen LogP) is 4.68. The van der Waals surface area contributed by atoms with Gasteiger partial charge in [-0.3, -0.25) is 9.78 Å². The van der Waals surface area contributed by atoms with Crippen molar-refractivity contribution in [1.29, 1.82) is 0 Å². The minimum Gasteiger partial charge on any atom is -0.321 e. The summed E-state index contributed by atoms with van der Waals surface area (Å²) in [5.41, 5.74) is 3.93. The molecule has 3 nitrogen and oxygen atoms in total. The smallest absolute Gasteiger partial charge is 0.258 e.